The first-order chi connectivity index (χ1) is 4.97. The van der Waals surface area contributed by atoms with Gasteiger partial charge in [-0.05, 0) is 0 Å². The number of hydrogen-bond donors (Lipinski definition) is 2. The Kier molecular flexibility index (Phi) is 4.39. The molecule has 12 heavy (non-hydrogen) atoms. The number of H-pyrrole nitrogens is 4. The Morgan fingerprint density at radius 1 is 0.833 bits per heavy atom. The smallest absolute Gasteiger partial charge is 0.200 e. The van der Waals surface area contributed by atoms with Gasteiger partial charge in [0.1, 0.15) is 0 Å². The highest BCUT2D eigenvalue weighted by Gasteiger charge is 2.03. The SMILES string of the molecule is [Cl-].[Cl-].c1[nH][nH+]cc1-c1c[nH][nH+]c1. The molecule has 2 aromatic rings. The summed E-state index contributed by atoms with van der Waals surface area (Å²) in [6.07, 6.45) is 7.60. The zero-order valence-electron chi connectivity index (χ0n) is 6.07. The Morgan fingerprint density at radius 2 is 1.25 bits per heavy atom. The van der Waals surface area contributed by atoms with Crippen LogP contribution in [0.2, 0.25) is 0 Å². The molecule has 0 bridgehead atoms. The summed E-state index contributed by atoms with van der Waals surface area (Å²) < 4.78 is 0. The van der Waals surface area contributed by atoms with Crippen LogP contribution in [0, 0.1) is 0 Å². The molecule has 0 saturated carbocycles. The summed E-state index contributed by atoms with van der Waals surface area (Å²) in [7, 11) is 0. The van der Waals surface area contributed by atoms with Crippen molar-refractivity contribution >= 4 is 0 Å². The van der Waals surface area contributed by atoms with Gasteiger partial charge in [-0.15, -0.1) is 10.2 Å². The number of aromatic amines is 4. The van der Waals surface area contributed by atoms with E-state index in [1.54, 1.807) is 0 Å². The topological polar surface area (TPSA) is 59.9 Å². The van der Waals surface area contributed by atoms with Crippen LogP contribution in [-0.4, -0.2) is 10.2 Å². The highest BCUT2D eigenvalue weighted by atomic mass is 35.5. The van der Waals surface area contributed by atoms with Gasteiger partial charge in [-0.25, -0.2) is 0 Å². The van der Waals surface area contributed by atoms with E-state index < -0.39 is 0 Å². The van der Waals surface area contributed by atoms with E-state index in [2.05, 4.69) is 20.4 Å². The van der Waals surface area contributed by atoms with Crippen molar-refractivity contribution in [2.45, 2.75) is 0 Å². The summed E-state index contributed by atoms with van der Waals surface area (Å²) in [6.45, 7) is 0. The van der Waals surface area contributed by atoms with Crippen molar-refractivity contribution in [3.63, 3.8) is 0 Å². The van der Waals surface area contributed by atoms with Gasteiger partial charge in [-0.2, -0.15) is 10.2 Å². The Hall–Kier alpha value is -1.00. The second-order valence-corrected chi connectivity index (χ2v) is 2.07. The van der Waals surface area contributed by atoms with Crippen molar-refractivity contribution in [2.24, 2.45) is 0 Å². The monoisotopic (exact) mass is 206 g/mol. The lowest BCUT2D eigenvalue weighted by Crippen LogP contribution is -3.00. The van der Waals surface area contributed by atoms with Crippen LogP contribution in [-0.2, 0) is 0 Å². The van der Waals surface area contributed by atoms with Crippen molar-refractivity contribution in [1.82, 2.24) is 10.2 Å². The van der Waals surface area contributed by atoms with E-state index >= 15 is 0 Å². The van der Waals surface area contributed by atoms with Gasteiger partial charge >= 0.3 is 0 Å². The molecule has 0 unspecified atom stereocenters. The van der Waals surface area contributed by atoms with E-state index in [1.807, 2.05) is 24.8 Å². The molecule has 0 aromatic carbocycles. The molecule has 0 aliphatic heterocycles. The Morgan fingerprint density at radius 3 is 1.50 bits per heavy atom. The van der Waals surface area contributed by atoms with Crippen molar-refractivity contribution in [3.05, 3.63) is 24.8 Å². The minimum Gasteiger partial charge on any atom is -1.00 e. The first-order valence-corrected chi connectivity index (χ1v) is 3.06. The van der Waals surface area contributed by atoms with E-state index in [-0.39, 0.29) is 24.8 Å². The average molecular weight is 207 g/mol. The largest absolute Gasteiger partial charge is 1.00 e. The summed E-state index contributed by atoms with van der Waals surface area (Å²) in [4.78, 5) is 0. The maximum absolute atomic E-state index is 2.87. The highest BCUT2D eigenvalue weighted by Crippen LogP contribution is 2.11. The van der Waals surface area contributed by atoms with Crippen molar-refractivity contribution in [1.29, 1.82) is 0 Å². The summed E-state index contributed by atoms with van der Waals surface area (Å²) in [5.74, 6) is 0. The van der Waals surface area contributed by atoms with Gasteiger partial charge in [0.25, 0.3) is 0 Å². The molecule has 0 saturated heterocycles. The molecule has 66 valence electrons. The summed E-state index contributed by atoms with van der Waals surface area (Å²) in [5.41, 5.74) is 2.27. The lowest BCUT2D eigenvalue weighted by molar-refractivity contribution is -0.449. The molecule has 0 radical (unpaired) electrons. The fourth-order valence-electron chi connectivity index (χ4n) is 0.894. The number of hydrogen-bond acceptors (Lipinski definition) is 0. The number of aromatic nitrogens is 4. The van der Waals surface area contributed by atoms with Crippen LogP contribution in [0.1, 0.15) is 0 Å². The quantitative estimate of drug-likeness (QED) is 0.467. The zero-order valence-corrected chi connectivity index (χ0v) is 7.58. The van der Waals surface area contributed by atoms with Gasteiger partial charge in [0.15, 0.2) is 0 Å². The molecule has 0 amide bonds. The maximum atomic E-state index is 2.87. The van der Waals surface area contributed by atoms with Crippen LogP contribution in [0.5, 0.6) is 0 Å². The predicted molar refractivity (Wildman–Crippen MR) is 33.7 cm³/mol. The molecular weight excluding hydrogens is 199 g/mol. The fraction of sp³-hybridized carbons (Fsp3) is 0. The molecule has 4 nitrogen and oxygen atoms in total. The second kappa shape index (κ2) is 4.79. The van der Waals surface area contributed by atoms with E-state index in [1.165, 1.54) is 0 Å². The number of halogens is 2. The first kappa shape index (κ1) is 11.0. The molecule has 2 aromatic heterocycles. The van der Waals surface area contributed by atoms with Gasteiger partial charge < -0.3 is 24.8 Å². The minimum absolute atomic E-state index is 0. The third-order valence-corrected chi connectivity index (χ3v) is 1.41. The lowest BCUT2D eigenvalue weighted by Gasteiger charge is -1.75. The molecule has 0 fully saturated rings. The summed E-state index contributed by atoms with van der Waals surface area (Å²) in [6, 6.07) is 0. The van der Waals surface area contributed by atoms with Gasteiger partial charge in [-0.1, -0.05) is 0 Å². The van der Waals surface area contributed by atoms with Crippen LogP contribution in [0.4, 0.5) is 0 Å². The molecule has 6 heteroatoms. The highest BCUT2D eigenvalue weighted by molar-refractivity contribution is 5.57. The molecule has 2 rings (SSSR count). The summed E-state index contributed by atoms with van der Waals surface area (Å²) in [5, 5.41) is 11.5. The van der Waals surface area contributed by atoms with E-state index in [4.69, 9.17) is 0 Å². The van der Waals surface area contributed by atoms with Gasteiger partial charge in [0, 0.05) is 0 Å². The average Bonchev–Trinajstić information content (AvgIpc) is 2.59. The van der Waals surface area contributed by atoms with E-state index in [9.17, 15) is 0 Å². The molecular formula is C6H8Cl2N4. The predicted octanol–water partition coefficient (Wildman–Crippen LogP) is -6.35. The van der Waals surface area contributed by atoms with Crippen LogP contribution in [0.25, 0.3) is 11.1 Å². The van der Waals surface area contributed by atoms with E-state index in [0.717, 1.165) is 11.1 Å². The molecule has 0 atom stereocenters. The van der Waals surface area contributed by atoms with Crippen molar-refractivity contribution < 1.29 is 35.0 Å². The normalized spacial score (nSPS) is 8.33. The van der Waals surface area contributed by atoms with E-state index in [0.29, 0.717) is 0 Å². The van der Waals surface area contributed by atoms with Gasteiger partial charge in [0.2, 0.25) is 12.4 Å². The maximum Gasteiger partial charge on any atom is 0.200 e. The van der Waals surface area contributed by atoms with Crippen LogP contribution in [0.3, 0.4) is 0 Å². The third kappa shape index (κ3) is 1.99. The Labute approximate surface area is 81.6 Å². The van der Waals surface area contributed by atoms with Crippen LogP contribution in [0.15, 0.2) is 24.8 Å². The van der Waals surface area contributed by atoms with Crippen LogP contribution >= 0.6 is 0 Å². The van der Waals surface area contributed by atoms with Crippen molar-refractivity contribution in [3.8, 4) is 11.1 Å². The molecule has 0 aliphatic rings. The molecule has 4 N–H and O–H groups in total. The fourth-order valence-corrected chi connectivity index (χ4v) is 0.894. The summed E-state index contributed by atoms with van der Waals surface area (Å²) >= 11 is 0. The Balaban J connectivity index is 0.000000605. The van der Waals surface area contributed by atoms with Gasteiger partial charge in [-0.3, -0.25) is 0 Å². The lowest BCUT2D eigenvalue weighted by atomic mass is 10.2. The molecule has 0 aliphatic carbocycles. The first-order valence-electron chi connectivity index (χ1n) is 3.06. The molecule has 0 spiro atoms. The number of rotatable bonds is 1. The van der Waals surface area contributed by atoms with Crippen LogP contribution < -0.4 is 35.0 Å². The van der Waals surface area contributed by atoms with Crippen molar-refractivity contribution in [2.75, 3.05) is 0 Å². The van der Waals surface area contributed by atoms with Gasteiger partial charge in [0.05, 0.1) is 23.5 Å². The standard InChI is InChI=1S/C6H6N4.2ClH/c1-5(2-8-7-1)6-3-9-10-4-6;;/h1-4H,(H,7,8)(H,9,10);2*1H. The Bertz CT molecular complexity index is 257. The second-order valence-electron chi connectivity index (χ2n) is 2.07. The zero-order chi connectivity index (χ0) is 6.81. The number of nitrogens with one attached hydrogen (secondary N) is 4. The minimum atomic E-state index is 0. The molecule has 2 heterocycles. The third-order valence-electron chi connectivity index (χ3n) is 1.41.